The molecule has 1 amide bonds. The van der Waals surface area contributed by atoms with Crippen LogP contribution in [0.3, 0.4) is 0 Å². The second kappa shape index (κ2) is 3.61. The molecule has 0 aliphatic heterocycles. The van der Waals surface area contributed by atoms with E-state index in [2.05, 4.69) is 15.3 Å². The van der Waals surface area contributed by atoms with Crippen molar-refractivity contribution in [2.75, 3.05) is 6.54 Å². The van der Waals surface area contributed by atoms with Gasteiger partial charge in [0.1, 0.15) is 5.82 Å². The molecular formula is C12H17N3O. The van der Waals surface area contributed by atoms with Crippen molar-refractivity contribution in [1.29, 1.82) is 0 Å². The first-order chi connectivity index (χ1) is 7.80. The summed E-state index contributed by atoms with van der Waals surface area (Å²) in [5.74, 6) is 1.51. The first kappa shape index (κ1) is 9.87. The first-order valence-electron chi connectivity index (χ1n) is 6.06. The Bertz CT molecular complexity index is 381. The fourth-order valence-corrected chi connectivity index (χ4v) is 2.76. The third-order valence-electron chi connectivity index (χ3n) is 4.07. The molecular weight excluding hydrogens is 202 g/mol. The quantitative estimate of drug-likeness (QED) is 0.801. The number of amides is 1. The van der Waals surface area contributed by atoms with Gasteiger partial charge in [0, 0.05) is 31.3 Å². The number of nitrogens with one attached hydrogen (secondary N) is 2. The monoisotopic (exact) mass is 219 g/mol. The van der Waals surface area contributed by atoms with Crippen molar-refractivity contribution < 1.29 is 4.79 Å². The topological polar surface area (TPSA) is 57.8 Å². The number of rotatable bonds is 4. The van der Waals surface area contributed by atoms with Crippen LogP contribution in [0.4, 0.5) is 0 Å². The number of aromatic amines is 1. The maximum Gasteiger partial charge on any atom is 0.223 e. The van der Waals surface area contributed by atoms with Crippen LogP contribution in [0.2, 0.25) is 0 Å². The van der Waals surface area contributed by atoms with E-state index in [-0.39, 0.29) is 5.91 Å². The Hall–Kier alpha value is -1.32. The Labute approximate surface area is 94.8 Å². The highest BCUT2D eigenvalue weighted by Crippen LogP contribution is 2.65. The number of hydrogen-bond donors (Lipinski definition) is 2. The molecule has 3 rings (SSSR count). The fourth-order valence-electron chi connectivity index (χ4n) is 2.76. The predicted octanol–water partition coefficient (Wildman–Crippen LogP) is 1.26. The van der Waals surface area contributed by atoms with Gasteiger partial charge in [-0.3, -0.25) is 4.79 Å². The molecule has 2 aliphatic carbocycles. The molecule has 4 nitrogen and oxygen atoms in total. The summed E-state index contributed by atoms with van der Waals surface area (Å²) in [4.78, 5) is 19.0. The van der Waals surface area contributed by atoms with Gasteiger partial charge in [-0.2, -0.15) is 0 Å². The van der Waals surface area contributed by atoms with E-state index in [9.17, 15) is 4.79 Å². The summed E-state index contributed by atoms with van der Waals surface area (Å²) in [6, 6.07) is 0. The normalized spacial score (nSPS) is 25.1. The third-order valence-corrected chi connectivity index (χ3v) is 4.07. The number of hydrogen-bond acceptors (Lipinski definition) is 2. The van der Waals surface area contributed by atoms with Crippen LogP contribution in [0.15, 0.2) is 12.4 Å². The molecule has 0 radical (unpaired) electrons. The standard InChI is InChI=1S/C12H17N3O/c16-11(9-8-12(9)3-1-4-12)15-5-2-10-13-6-7-14-10/h6-7,9H,1-5,8H2,(H,13,14)(H,15,16)/t9-/m1/s1. The molecule has 1 atom stereocenters. The van der Waals surface area contributed by atoms with E-state index in [0.717, 1.165) is 18.7 Å². The largest absolute Gasteiger partial charge is 0.355 e. The summed E-state index contributed by atoms with van der Waals surface area (Å²) in [6.45, 7) is 0.693. The molecule has 2 fully saturated rings. The lowest BCUT2D eigenvalue weighted by Gasteiger charge is -2.26. The molecule has 2 N–H and O–H groups in total. The summed E-state index contributed by atoms with van der Waals surface area (Å²) >= 11 is 0. The summed E-state index contributed by atoms with van der Waals surface area (Å²) in [5.41, 5.74) is 0.439. The zero-order chi connectivity index (χ0) is 11.0. The number of nitrogens with zero attached hydrogens (tertiary/aromatic N) is 1. The van der Waals surface area contributed by atoms with Crippen LogP contribution in [-0.4, -0.2) is 22.4 Å². The van der Waals surface area contributed by atoms with Crippen LogP contribution in [0, 0.1) is 11.3 Å². The van der Waals surface area contributed by atoms with Crippen molar-refractivity contribution in [2.45, 2.75) is 32.1 Å². The third kappa shape index (κ3) is 1.62. The second-order valence-corrected chi connectivity index (χ2v) is 5.05. The molecule has 1 heterocycles. The minimum atomic E-state index is 0.256. The molecule has 2 saturated carbocycles. The molecule has 86 valence electrons. The van der Waals surface area contributed by atoms with E-state index in [1.807, 2.05) is 0 Å². The summed E-state index contributed by atoms with van der Waals surface area (Å²) in [5, 5.41) is 3.01. The maximum atomic E-state index is 11.8. The average Bonchev–Trinajstić information content (AvgIpc) is 2.82. The zero-order valence-corrected chi connectivity index (χ0v) is 9.33. The van der Waals surface area contributed by atoms with E-state index >= 15 is 0 Å². The lowest BCUT2D eigenvalue weighted by molar-refractivity contribution is -0.123. The van der Waals surface area contributed by atoms with E-state index in [1.165, 1.54) is 19.3 Å². The van der Waals surface area contributed by atoms with Gasteiger partial charge >= 0.3 is 0 Å². The Balaban J connectivity index is 1.41. The molecule has 2 aliphatic rings. The van der Waals surface area contributed by atoms with Crippen LogP contribution in [0.5, 0.6) is 0 Å². The minimum absolute atomic E-state index is 0.256. The van der Waals surface area contributed by atoms with Gasteiger partial charge in [-0.25, -0.2) is 4.98 Å². The number of H-pyrrole nitrogens is 1. The summed E-state index contributed by atoms with van der Waals surface area (Å²) < 4.78 is 0. The van der Waals surface area contributed by atoms with Crippen LogP contribution in [-0.2, 0) is 11.2 Å². The van der Waals surface area contributed by atoms with Gasteiger partial charge in [0.15, 0.2) is 0 Å². The Morgan fingerprint density at radius 1 is 1.62 bits per heavy atom. The molecule has 0 bridgehead atoms. The van der Waals surface area contributed by atoms with E-state index in [0.29, 0.717) is 17.9 Å². The zero-order valence-electron chi connectivity index (χ0n) is 9.33. The van der Waals surface area contributed by atoms with Crippen molar-refractivity contribution >= 4 is 5.91 Å². The van der Waals surface area contributed by atoms with Crippen molar-refractivity contribution in [3.63, 3.8) is 0 Å². The molecule has 1 aromatic rings. The fraction of sp³-hybridized carbons (Fsp3) is 0.667. The molecule has 1 spiro atoms. The average molecular weight is 219 g/mol. The highest BCUT2D eigenvalue weighted by atomic mass is 16.2. The predicted molar refractivity (Wildman–Crippen MR) is 59.7 cm³/mol. The summed E-state index contributed by atoms with van der Waals surface area (Å²) in [7, 11) is 0. The second-order valence-electron chi connectivity index (χ2n) is 5.05. The number of carbonyl (C=O) groups is 1. The number of imidazole rings is 1. The Kier molecular flexibility index (Phi) is 2.23. The Morgan fingerprint density at radius 3 is 3.06 bits per heavy atom. The van der Waals surface area contributed by atoms with E-state index in [4.69, 9.17) is 0 Å². The Morgan fingerprint density at radius 2 is 2.50 bits per heavy atom. The maximum absolute atomic E-state index is 11.8. The van der Waals surface area contributed by atoms with Crippen LogP contribution >= 0.6 is 0 Å². The molecule has 0 unspecified atom stereocenters. The molecule has 0 saturated heterocycles. The van der Waals surface area contributed by atoms with Gasteiger partial charge in [0.2, 0.25) is 5.91 Å². The lowest BCUT2D eigenvalue weighted by Crippen LogP contribution is -2.31. The summed E-state index contributed by atoms with van der Waals surface area (Å²) in [6.07, 6.45) is 9.31. The lowest BCUT2D eigenvalue weighted by atomic mass is 9.80. The van der Waals surface area contributed by atoms with Crippen LogP contribution in [0.25, 0.3) is 0 Å². The van der Waals surface area contributed by atoms with E-state index in [1.54, 1.807) is 12.4 Å². The van der Waals surface area contributed by atoms with Gasteiger partial charge in [-0.05, 0) is 24.7 Å². The highest BCUT2D eigenvalue weighted by Gasteiger charge is 2.60. The van der Waals surface area contributed by atoms with Crippen LogP contribution in [0.1, 0.15) is 31.5 Å². The van der Waals surface area contributed by atoms with Gasteiger partial charge in [-0.15, -0.1) is 0 Å². The van der Waals surface area contributed by atoms with Crippen molar-refractivity contribution in [1.82, 2.24) is 15.3 Å². The minimum Gasteiger partial charge on any atom is -0.355 e. The van der Waals surface area contributed by atoms with Crippen molar-refractivity contribution in [2.24, 2.45) is 11.3 Å². The van der Waals surface area contributed by atoms with Crippen molar-refractivity contribution in [3.8, 4) is 0 Å². The SMILES string of the molecule is O=C(NCCc1ncc[nH]1)[C@H]1CC12CCC2. The highest BCUT2D eigenvalue weighted by molar-refractivity contribution is 5.82. The molecule has 4 heteroatoms. The molecule has 0 aromatic carbocycles. The van der Waals surface area contributed by atoms with E-state index < -0.39 is 0 Å². The van der Waals surface area contributed by atoms with Crippen molar-refractivity contribution in [3.05, 3.63) is 18.2 Å². The smallest absolute Gasteiger partial charge is 0.223 e. The van der Waals surface area contributed by atoms with Gasteiger partial charge in [0.05, 0.1) is 0 Å². The van der Waals surface area contributed by atoms with Gasteiger partial charge < -0.3 is 10.3 Å². The first-order valence-corrected chi connectivity index (χ1v) is 6.06. The molecule has 1 aromatic heterocycles. The number of carbonyl (C=O) groups excluding carboxylic acids is 1. The van der Waals surface area contributed by atoms with Crippen LogP contribution < -0.4 is 5.32 Å². The molecule has 16 heavy (non-hydrogen) atoms. The number of aromatic nitrogens is 2. The van der Waals surface area contributed by atoms with Gasteiger partial charge in [-0.1, -0.05) is 6.42 Å². The van der Waals surface area contributed by atoms with Gasteiger partial charge in [0.25, 0.3) is 0 Å².